The molecule has 1 aliphatic heterocycles. The van der Waals surface area contributed by atoms with Gasteiger partial charge in [0.05, 0.1) is 16.1 Å². The molecule has 0 bridgehead atoms. The summed E-state index contributed by atoms with van der Waals surface area (Å²) in [7, 11) is 0. The predicted octanol–water partition coefficient (Wildman–Crippen LogP) is 4.31. The van der Waals surface area contributed by atoms with Crippen LogP contribution in [0.15, 0.2) is 42.6 Å². The summed E-state index contributed by atoms with van der Waals surface area (Å²) in [5.74, 6) is -0.730. The Labute approximate surface area is 143 Å². The van der Waals surface area contributed by atoms with Gasteiger partial charge in [-0.3, -0.25) is 4.79 Å². The molecule has 122 valence electrons. The van der Waals surface area contributed by atoms with E-state index < -0.39 is 12.0 Å². The van der Waals surface area contributed by atoms with E-state index in [-0.39, 0.29) is 5.91 Å². The fourth-order valence-corrected chi connectivity index (χ4v) is 3.49. The topological polar surface area (TPSA) is 46.1 Å². The maximum atomic E-state index is 13.4. The number of halogens is 2. The molecule has 2 N–H and O–H groups in total. The number of fused-ring (bicyclic) bond motifs is 2. The predicted molar refractivity (Wildman–Crippen MR) is 92.9 cm³/mol. The van der Waals surface area contributed by atoms with E-state index in [0.717, 1.165) is 23.0 Å². The van der Waals surface area contributed by atoms with Crippen molar-refractivity contribution < 1.29 is 9.18 Å². The van der Waals surface area contributed by atoms with Crippen molar-refractivity contribution in [2.75, 3.05) is 5.32 Å². The number of rotatable bonds is 2. The van der Waals surface area contributed by atoms with Gasteiger partial charge in [0.2, 0.25) is 0 Å². The number of anilines is 1. The minimum Gasteiger partial charge on any atom is -0.361 e. The lowest BCUT2D eigenvalue weighted by molar-refractivity contribution is 0.0935. The van der Waals surface area contributed by atoms with Crippen molar-refractivity contribution in [3.05, 3.63) is 64.6 Å². The van der Waals surface area contributed by atoms with Crippen LogP contribution in [0.2, 0.25) is 5.02 Å². The summed E-state index contributed by atoms with van der Waals surface area (Å²) in [6, 6.07) is 9.89. The van der Waals surface area contributed by atoms with E-state index in [1.54, 1.807) is 6.07 Å². The van der Waals surface area contributed by atoms with Crippen LogP contribution in [0, 0.1) is 5.82 Å². The standard InChI is InChI=1S/C18H15ClFN3O/c1-2-23-9-13(11-4-3-5-14(19)16(11)23)17-21-15-7-6-10(20)8-12(15)18(24)22-17/h3-9,17,21H,2H2,1H3,(H,22,24). The van der Waals surface area contributed by atoms with Crippen LogP contribution in [0.5, 0.6) is 0 Å². The number of carbonyl (C=O) groups is 1. The number of aryl methyl sites for hydroxylation is 1. The van der Waals surface area contributed by atoms with E-state index in [2.05, 4.69) is 15.2 Å². The van der Waals surface area contributed by atoms with E-state index in [1.807, 2.05) is 31.3 Å². The molecule has 0 spiro atoms. The number of nitrogens with one attached hydrogen (secondary N) is 2. The number of benzene rings is 2. The van der Waals surface area contributed by atoms with Gasteiger partial charge in [-0.25, -0.2) is 4.39 Å². The molecule has 4 rings (SSSR count). The minimum absolute atomic E-state index is 0.298. The third-order valence-corrected chi connectivity index (χ3v) is 4.64. The van der Waals surface area contributed by atoms with Gasteiger partial charge in [0.25, 0.3) is 5.91 Å². The third kappa shape index (κ3) is 2.24. The maximum Gasteiger partial charge on any atom is 0.255 e. The molecular weight excluding hydrogens is 329 g/mol. The number of para-hydroxylation sites is 1. The van der Waals surface area contributed by atoms with Crippen LogP contribution in [-0.2, 0) is 6.54 Å². The smallest absolute Gasteiger partial charge is 0.255 e. The monoisotopic (exact) mass is 343 g/mol. The quantitative estimate of drug-likeness (QED) is 0.728. The third-order valence-electron chi connectivity index (χ3n) is 4.33. The lowest BCUT2D eigenvalue weighted by Crippen LogP contribution is -2.38. The van der Waals surface area contributed by atoms with Gasteiger partial charge in [-0.15, -0.1) is 0 Å². The molecular formula is C18H15ClFN3O. The van der Waals surface area contributed by atoms with Crippen LogP contribution >= 0.6 is 11.6 Å². The van der Waals surface area contributed by atoms with E-state index in [9.17, 15) is 9.18 Å². The second-order valence-electron chi connectivity index (χ2n) is 5.75. The molecule has 4 nitrogen and oxygen atoms in total. The minimum atomic E-state index is -0.432. The van der Waals surface area contributed by atoms with Crippen molar-refractivity contribution in [1.82, 2.24) is 9.88 Å². The fourth-order valence-electron chi connectivity index (χ4n) is 3.21. The van der Waals surface area contributed by atoms with Crippen LogP contribution in [0.3, 0.4) is 0 Å². The maximum absolute atomic E-state index is 13.4. The lowest BCUT2D eigenvalue weighted by atomic mass is 10.0. The molecule has 2 aromatic carbocycles. The van der Waals surface area contributed by atoms with Gasteiger partial charge < -0.3 is 15.2 Å². The highest BCUT2D eigenvalue weighted by atomic mass is 35.5. The summed E-state index contributed by atoms with van der Waals surface area (Å²) >= 11 is 6.35. The zero-order valence-electron chi connectivity index (χ0n) is 12.9. The molecule has 0 radical (unpaired) electrons. The van der Waals surface area contributed by atoms with Crippen molar-refractivity contribution in [2.45, 2.75) is 19.6 Å². The van der Waals surface area contributed by atoms with Crippen molar-refractivity contribution in [1.29, 1.82) is 0 Å². The van der Waals surface area contributed by atoms with Gasteiger partial charge in [0.1, 0.15) is 12.0 Å². The molecule has 1 atom stereocenters. The first-order valence-corrected chi connectivity index (χ1v) is 8.10. The molecule has 1 aromatic heterocycles. The summed E-state index contributed by atoms with van der Waals surface area (Å²) in [5, 5.41) is 7.81. The highest BCUT2D eigenvalue weighted by Gasteiger charge is 2.27. The summed E-state index contributed by atoms with van der Waals surface area (Å²) in [4.78, 5) is 12.4. The van der Waals surface area contributed by atoms with Crippen LogP contribution in [0.25, 0.3) is 10.9 Å². The van der Waals surface area contributed by atoms with Crippen LogP contribution in [-0.4, -0.2) is 10.5 Å². The Hall–Kier alpha value is -2.53. The number of hydrogen-bond donors (Lipinski definition) is 2. The van der Waals surface area contributed by atoms with Gasteiger partial charge >= 0.3 is 0 Å². The van der Waals surface area contributed by atoms with Crippen molar-refractivity contribution in [3.8, 4) is 0 Å². The van der Waals surface area contributed by atoms with Gasteiger partial charge in [-0.1, -0.05) is 23.7 Å². The molecule has 0 saturated carbocycles. The van der Waals surface area contributed by atoms with Gasteiger partial charge in [-0.2, -0.15) is 0 Å². The van der Waals surface area contributed by atoms with Crippen molar-refractivity contribution in [2.24, 2.45) is 0 Å². The average molecular weight is 344 g/mol. The first-order valence-electron chi connectivity index (χ1n) is 7.72. The summed E-state index contributed by atoms with van der Waals surface area (Å²) < 4.78 is 15.4. The summed E-state index contributed by atoms with van der Waals surface area (Å²) in [5.41, 5.74) is 2.79. The molecule has 0 fully saturated rings. The van der Waals surface area contributed by atoms with Crippen LogP contribution in [0.4, 0.5) is 10.1 Å². The molecule has 3 aromatic rings. The SMILES string of the molecule is CCn1cc(C2NC(=O)c3cc(F)ccc3N2)c2cccc(Cl)c21. The lowest BCUT2D eigenvalue weighted by Gasteiger charge is -2.27. The molecule has 1 amide bonds. The zero-order chi connectivity index (χ0) is 16.8. The Morgan fingerprint density at radius 3 is 2.88 bits per heavy atom. The number of nitrogens with zero attached hydrogens (tertiary/aromatic N) is 1. The van der Waals surface area contributed by atoms with E-state index in [4.69, 9.17) is 11.6 Å². The van der Waals surface area contributed by atoms with Crippen molar-refractivity contribution in [3.63, 3.8) is 0 Å². The highest BCUT2D eigenvalue weighted by molar-refractivity contribution is 6.35. The second kappa shape index (κ2) is 5.53. The summed E-state index contributed by atoms with van der Waals surface area (Å²) in [6.07, 6.45) is 1.59. The normalized spacial score (nSPS) is 16.6. The van der Waals surface area contributed by atoms with Crippen LogP contribution < -0.4 is 10.6 Å². The Balaban J connectivity index is 1.83. The largest absolute Gasteiger partial charge is 0.361 e. The van der Waals surface area contributed by atoms with Crippen molar-refractivity contribution >= 4 is 34.1 Å². The van der Waals surface area contributed by atoms with Crippen LogP contribution in [0.1, 0.15) is 29.0 Å². The van der Waals surface area contributed by atoms with Gasteiger partial charge in [0, 0.05) is 29.4 Å². The van der Waals surface area contributed by atoms with Gasteiger partial charge in [0.15, 0.2) is 0 Å². The van der Waals surface area contributed by atoms with Gasteiger partial charge in [-0.05, 0) is 31.2 Å². The molecule has 6 heteroatoms. The highest BCUT2D eigenvalue weighted by Crippen LogP contribution is 2.34. The summed E-state index contributed by atoms with van der Waals surface area (Å²) in [6.45, 7) is 2.81. The van der Waals surface area contributed by atoms with E-state index in [1.165, 1.54) is 12.1 Å². The first kappa shape index (κ1) is 15.0. The second-order valence-corrected chi connectivity index (χ2v) is 6.15. The molecule has 0 aliphatic carbocycles. The molecule has 0 saturated heterocycles. The Morgan fingerprint density at radius 2 is 2.08 bits per heavy atom. The molecule has 24 heavy (non-hydrogen) atoms. The number of aromatic nitrogens is 1. The molecule has 1 unspecified atom stereocenters. The fraction of sp³-hybridized carbons (Fsp3) is 0.167. The first-order chi connectivity index (χ1) is 11.6. The number of hydrogen-bond acceptors (Lipinski definition) is 2. The number of amides is 1. The Kier molecular flexibility index (Phi) is 3.46. The van der Waals surface area contributed by atoms with E-state index in [0.29, 0.717) is 16.3 Å². The Morgan fingerprint density at radius 1 is 1.25 bits per heavy atom. The number of carbonyl (C=O) groups excluding carboxylic acids is 1. The Bertz CT molecular complexity index is 966. The molecule has 2 heterocycles. The molecule has 1 aliphatic rings. The average Bonchev–Trinajstić information content (AvgIpc) is 2.95. The zero-order valence-corrected chi connectivity index (χ0v) is 13.7. The van der Waals surface area contributed by atoms with E-state index >= 15 is 0 Å².